The third-order valence-electron chi connectivity index (χ3n) is 2.96. The Balaban J connectivity index is 2.22. The molecule has 0 aliphatic carbocycles. The number of aryl methyl sites for hydroxylation is 1. The third kappa shape index (κ3) is 2.79. The van der Waals surface area contributed by atoms with E-state index < -0.39 is 0 Å². The summed E-state index contributed by atoms with van der Waals surface area (Å²) in [4.78, 5) is 0. The topological polar surface area (TPSA) is 57.5 Å². The molecule has 0 fully saturated rings. The first-order valence-electron chi connectivity index (χ1n) is 6.21. The summed E-state index contributed by atoms with van der Waals surface area (Å²) in [7, 11) is 6.68. The fourth-order valence-electron chi connectivity index (χ4n) is 2.00. The quantitative estimate of drug-likeness (QED) is 0.876. The molecular formula is C14H19N3O3. The summed E-state index contributed by atoms with van der Waals surface area (Å²) in [5, 5.41) is 7.50. The van der Waals surface area contributed by atoms with Gasteiger partial charge < -0.3 is 19.5 Å². The number of methoxy groups -OCH3 is 3. The second-order valence-corrected chi connectivity index (χ2v) is 4.22. The van der Waals surface area contributed by atoms with E-state index in [1.165, 1.54) is 0 Å². The van der Waals surface area contributed by atoms with Crippen molar-refractivity contribution >= 4 is 5.82 Å². The van der Waals surface area contributed by atoms with Crippen LogP contribution in [0.2, 0.25) is 0 Å². The minimum absolute atomic E-state index is 0.584. The van der Waals surface area contributed by atoms with Crippen LogP contribution in [0.25, 0.3) is 0 Å². The molecule has 0 saturated carbocycles. The molecule has 1 N–H and O–H groups in total. The number of benzene rings is 1. The van der Waals surface area contributed by atoms with Crippen LogP contribution in [-0.2, 0) is 13.6 Å². The van der Waals surface area contributed by atoms with Gasteiger partial charge >= 0.3 is 0 Å². The molecular weight excluding hydrogens is 258 g/mol. The van der Waals surface area contributed by atoms with Crippen molar-refractivity contribution in [2.24, 2.45) is 7.05 Å². The lowest BCUT2D eigenvalue weighted by Gasteiger charge is -2.15. The molecule has 2 aromatic rings. The first-order valence-corrected chi connectivity index (χ1v) is 6.21. The van der Waals surface area contributed by atoms with Gasteiger partial charge in [0.15, 0.2) is 11.5 Å². The number of ether oxygens (including phenoxy) is 3. The fraction of sp³-hybridized carbons (Fsp3) is 0.357. The maximum atomic E-state index is 5.43. The SMILES string of the molecule is COc1ccc(CNc2ccn(C)n2)c(OC)c1OC. The highest BCUT2D eigenvalue weighted by atomic mass is 16.5. The van der Waals surface area contributed by atoms with Crippen molar-refractivity contribution in [3.05, 3.63) is 30.0 Å². The summed E-state index contributed by atoms with van der Waals surface area (Å²) in [6.45, 7) is 0.584. The van der Waals surface area contributed by atoms with Gasteiger partial charge in [0.1, 0.15) is 5.82 Å². The first-order chi connectivity index (χ1) is 9.69. The number of hydrogen-bond donors (Lipinski definition) is 1. The Morgan fingerprint density at radius 2 is 1.80 bits per heavy atom. The minimum atomic E-state index is 0.584. The molecule has 0 saturated heterocycles. The van der Waals surface area contributed by atoms with Crippen LogP contribution in [0.15, 0.2) is 24.4 Å². The summed E-state index contributed by atoms with van der Waals surface area (Å²) in [6, 6.07) is 5.71. The van der Waals surface area contributed by atoms with Gasteiger partial charge in [0, 0.05) is 31.4 Å². The van der Waals surface area contributed by atoms with E-state index >= 15 is 0 Å². The van der Waals surface area contributed by atoms with Crippen molar-refractivity contribution in [1.82, 2.24) is 9.78 Å². The van der Waals surface area contributed by atoms with Gasteiger partial charge in [-0.25, -0.2) is 0 Å². The molecule has 2 rings (SSSR count). The molecule has 1 aromatic heterocycles. The Hall–Kier alpha value is -2.37. The van der Waals surface area contributed by atoms with Crippen LogP contribution in [-0.4, -0.2) is 31.1 Å². The molecule has 0 bridgehead atoms. The van der Waals surface area contributed by atoms with Gasteiger partial charge in [0.2, 0.25) is 5.75 Å². The lowest BCUT2D eigenvalue weighted by molar-refractivity contribution is 0.322. The van der Waals surface area contributed by atoms with E-state index in [-0.39, 0.29) is 0 Å². The molecule has 1 aromatic carbocycles. The van der Waals surface area contributed by atoms with E-state index in [1.807, 2.05) is 31.4 Å². The van der Waals surface area contributed by atoms with Crippen molar-refractivity contribution in [3.8, 4) is 17.2 Å². The van der Waals surface area contributed by atoms with Gasteiger partial charge in [0.25, 0.3) is 0 Å². The first kappa shape index (κ1) is 14.0. The standard InChI is InChI=1S/C14H19N3O3/c1-17-8-7-12(16-17)15-9-10-5-6-11(18-2)14(20-4)13(10)19-3/h5-8H,9H2,1-4H3,(H,15,16). The maximum Gasteiger partial charge on any atom is 0.203 e. The maximum absolute atomic E-state index is 5.43. The second-order valence-electron chi connectivity index (χ2n) is 4.22. The van der Waals surface area contributed by atoms with E-state index in [1.54, 1.807) is 26.0 Å². The summed E-state index contributed by atoms with van der Waals surface area (Å²) < 4.78 is 17.8. The molecule has 6 heteroatoms. The van der Waals surface area contributed by atoms with Crippen LogP contribution < -0.4 is 19.5 Å². The lowest BCUT2D eigenvalue weighted by atomic mass is 10.1. The van der Waals surface area contributed by atoms with Crippen LogP contribution >= 0.6 is 0 Å². The van der Waals surface area contributed by atoms with E-state index in [4.69, 9.17) is 14.2 Å². The highest BCUT2D eigenvalue weighted by molar-refractivity contribution is 5.56. The van der Waals surface area contributed by atoms with E-state index in [0.717, 1.165) is 11.4 Å². The Labute approximate surface area is 118 Å². The summed E-state index contributed by atoms with van der Waals surface area (Å²) in [6.07, 6.45) is 1.88. The minimum Gasteiger partial charge on any atom is -0.493 e. The number of aromatic nitrogens is 2. The summed E-state index contributed by atoms with van der Waals surface area (Å²) >= 11 is 0. The largest absolute Gasteiger partial charge is 0.493 e. The highest BCUT2D eigenvalue weighted by Crippen LogP contribution is 2.39. The van der Waals surface area contributed by atoms with Crippen LogP contribution in [0.1, 0.15) is 5.56 Å². The molecule has 108 valence electrons. The fourth-order valence-corrected chi connectivity index (χ4v) is 2.00. The number of rotatable bonds is 6. The average Bonchev–Trinajstić information content (AvgIpc) is 2.89. The van der Waals surface area contributed by atoms with Crippen molar-refractivity contribution in [2.75, 3.05) is 26.6 Å². The van der Waals surface area contributed by atoms with Gasteiger partial charge in [-0.3, -0.25) is 4.68 Å². The highest BCUT2D eigenvalue weighted by Gasteiger charge is 2.15. The van der Waals surface area contributed by atoms with Crippen LogP contribution in [0.3, 0.4) is 0 Å². The van der Waals surface area contributed by atoms with Crippen molar-refractivity contribution in [1.29, 1.82) is 0 Å². The zero-order chi connectivity index (χ0) is 14.5. The van der Waals surface area contributed by atoms with E-state index in [0.29, 0.717) is 23.8 Å². The smallest absolute Gasteiger partial charge is 0.203 e. The molecule has 0 spiro atoms. The molecule has 1 heterocycles. The third-order valence-corrected chi connectivity index (χ3v) is 2.96. The van der Waals surface area contributed by atoms with Gasteiger partial charge in [-0.15, -0.1) is 0 Å². The van der Waals surface area contributed by atoms with Crippen LogP contribution in [0.5, 0.6) is 17.2 Å². The molecule has 0 unspecified atom stereocenters. The van der Waals surface area contributed by atoms with Crippen molar-refractivity contribution < 1.29 is 14.2 Å². The normalized spacial score (nSPS) is 10.2. The predicted octanol–water partition coefficient (Wildman–Crippen LogP) is 2.06. The molecule has 0 aliphatic heterocycles. The molecule has 0 amide bonds. The summed E-state index contributed by atoms with van der Waals surface area (Å²) in [5.41, 5.74) is 0.968. The van der Waals surface area contributed by atoms with Gasteiger partial charge in [-0.05, 0) is 12.1 Å². The molecule has 0 aliphatic rings. The molecule has 0 radical (unpaired) electrons. The van der Waals surface area contributed by atoms with Gasteiger partial charge in [-0.2, -0.15) is 5.10 Å². The average molecular weight is 277 g/mol. The number of hydrogen-bond acceptors (Lipinski definition) is 5. The Morgan fingerprint density at radius 1 is 1.05 bits per heavy atom. The Morgan fingerprint density at radius 3 is 2.35 bits per heavy atom. The zero-order valence-electron chi connectivity index (χ0n) is 12.1. The van der Waals surface area contributed by atoms with Gasteiger partial charge in [0.05, 0.1) is 21.3 Å². The summed E-state index contributed by atoms with van der Waals surface area (Å²) in [5.74, 6) is 2.71. The molecule has 0 atom stereocenters. The zero-order valence-corrected chi connectivity index (χ0v) is 12.1. The van der Waals surface area contributed by atoms with E-state index in [9.17, 15) is 0 Å². The van der Waals surface area contributed by atoms with Crippen molar-refractivity contribution in [2.45, 2.75) is 6.54 Å². The van der Waals surface area contributed by atoms with Gasteiger partial charge in [-0.1, -0.05) is 0 Å². The lowest BCUT2D eigenvalue weighted by Crippen LogP contribution is -2.04. The molecule has 20 heavy (non-hydrogen) atoms. The van der Waals surface area contributed by atoms with Crippen LogP contribution in [0, 0.1) is 0 Å². The number of nitrogens with zero attached hydrogens (tertiary/aromatic N) is 2. The number of nitrogens with one attached hydrogen (secondary N) is 1. The Kier molecular flexibility index (Phi) is 4.34. The number of anilines is 1. The van der Waals surface area contributed by atoms with Crippen LogP contribution in [0.4, 0.5) is 5.82 Å². The van der Waals surface area contributed by atoms with Crippen molar-refractivity contribution in [3.63, 3.8) is 0 Å². The predicted molar refractivity (Wildman–Crippen MR) is 76.6 cm³/mol. The second kappa shape index (κ2) is 6.18. The Bertz CT molecular complexity index is 581. The monoisotopic (exact) mass is 277 g/mol. The molecule has 6 nitrogen and oxygen atoms in total. The van der Waals surface area contributed by atoms with E-state index in [2.05, 4.69) is 10.4 Å².